The molecule has 0 aliphatic rings. The summed E-state index contributed by atoms with van der Waals surface area (Å²) in [5.41, 5.74) is 0.663. The summed E-state index contributed by atoms with van der Waals surface area (Å²) in [6.45, 7) is 4.95. The van der Waals surface area contributed by atoms with Crippen molar-refractivity contribution in [3.05, 3.63) is 21.9 Å². The molecule has 8 heteroatoms. The van der Waals surface area contributed by atoms with Crippen molar-refractivity contribution >= 4 is 11.7 Å². The van der Waals surface area contributed by atoms with Gasteiger partial charge in [-0.1, -0.05) is 6.92 Å². The van der Waals surface area contributed by atoms with Gasteiger partial charge in [0.15, 0.2) is 0 Å². The van der Waals surface area contributed by atoms with Crippen LogP contribution >= 0.6 is 0 Å². The molecule has 112 valence electrons. The molecule has 0 spiro atoms. The summed E-state index contributed by atoms with van der Waals surface area (Å²) in [6.07, 6.45) is 0.751. The third-order valence-corrected chi connectivity index (χ3v) is 2.87. The van der Waals surface area contributed by atoms with Gasteiger partial charge in [-0.15, -0.1) is 0 Å². The van der Waals surface area contributed by atoms with E-state index in [1.807, 2.05) is 0 Å². The van der Waals surface area contributed by atoms with Crippen LogP contribution in [0, 0.1) is 23.0 Å². The van der Waals surface area contributed by atoms with Gasteiger partial charge in [0.2, 0.25) is 5.91 Å². The van der Waals surface area contributed by atoms with Crippen molar-refractivity contribution in [1.82, 2.24) is 15.1 Å². The Bertz CT molecular complexity index is 472. The third-order valence-electron chi connectivity index (χ3n) is 2.87. The second-order valence-electron chi connectivity index (χ2n) is 4.62. The monoisotopic (exact) mass is 284 g/mol. The van der Waals surface area contributed by atoms with E-state index in [0.717, 1.165) is 6.42 Å². The first-order valence-electron chi connectivity index (χ1n) is 6.41. The van der Waals surface area contributed by atoms with Gasteiger partial charge in [-0.25, -0.2) is 0 Å². The van der Waals surface area contributed by atoms with Crippen molar-refractivity contribution in [2.45, 2.75) is 26.8 Å². The average molecular weight is 284 g/mol. The lowest BCUT2D eigenvalue weighted by molar-refractivity contribution is -0.389. The molecule has 20 heavy (non-hydrogen) atoms. The summed E-state index contributed by atoms with van der Waals surface area (Å²) in [7, 11) is 1.61. The summed E-state index contributed by atoms with van der Waals surface area (Å²) in [5.74, 6) is -0.607. The number of carbonyl (C=O) groups excluding carboxylic acids is 1. The Morgan fingerprint density at radius 3 is 2.90 bits per heavy atom. The lowest BCUT2D eigenvalue weighted by atomic mass is 10.1. The van der Waals surface area contributed by atoms with Crippen LogP contribution in [0.15, 0.2) is 6.07 Å². The maximum atomic E-state index is 11.8. The van der Waals surface area contributed by atoms with Gasteiger partial charge in [-0.2, -0.15) is 4.68 Å². The van der Waals surface area contributed by atoms with Crippen molar-refractivity contribution in [2.75, 3.05) is 20.3 Å². The van der Waals surface area contributed by atoms with Gasteiger partial charge in [-0.3, -0.25) is 4.79 Å². The summed E-state index contributed by atoms with van der Waals surface area (Å²) in [6, 6.07) is 1.39. The van der Waals surface area contributed by atoms with Crippen LogP contribution in [0.5, 0.6) is 0 Å². The van der Waals surface area contributed by atoms with Gasteiger partial charge < -0.3 is 20.2 Å². The topological polar surface area (TPSA) is 99.3 Å². The smallest absolute Gasteiger partial charge is 0.385 e. The highest BCUT2D eigenvalue weighted by Crippen LogP contribution is 2.12. The number of amides is 1. The Hall–Kier alpha value is -1.96. The SMILES string of the molecule is COCCCNC(=O)C(C)Cn1nc([N+](=O)[O-])cc1C. The number of ether oxygens (including phenoxy) is 1. The second-order valence-corrected chi connectivity index (χ2v) is 4.62. The normalized spacial score (nSPS) is 12.2. The summed E-state index contributed by atoms with van der Waals surface area (Å²) < 4.78 is 6.38. The molecule has 0 aromatic carbocycles. The lowest BCUT2D eigenvalue weighted by Gasteiger charge is -2.11. The van der Waals surface area contributed by atoms with E-state index in [4.69, 9.17) is 4.74 Å². The maximum Gasteiger partial charge on any atom is 0.390 e. The number of methoxy groups -OCH3 is 1. The van der Waals surface area contributed by atoms with Crippen LogP contribution in [0.1, 0.15) is 19.0 Å². The largest absolute Gasteiger partial charge is 0.390 e. The molecule has 0 aliphatic carbocycles. The first kappa shape index (κ1) is 16.1. The van der Waals surface area contributed by atoms with E-state index in [2.05, 4.69) is 10.4 Å². The standard InChI is InChI=1S/C12H20N4O4/c1-9(12(17)13-5-4-6-20-3)8-15-10(2)7-11(14-15)16(18)19/h7,9H,4-6,8H2,1-3H3,(H,13,17). The van der Waals surface area contributed by atoms with Gasteiger partial charge in [0.05, 0.1) is 29.3 Å². The Morgan fingerprint density at radius 2 is 2.35 bits per heavy atom. The third kappa shape index (κ3) is 4.61. The molecule has 1 amide bonds. The quantitative estimate of drug-likeness (QED) is 0.434. The van der Waals surface area contributed by atoms with Crippen LogP contribution in [-0.4, -0.2) is 40.9 Å². The van der Waals surface area contributed by atoms with Crippen LogP contribution in [-0.2, 0) is 16.1 Å². The van der Waals surface area contributed by atoms with E-state index >= 15 is 0 Å². The number of aromatic nitrogens is 2. The van der Waals surface area contributed by atoms with E-state index < -0.39 is 4.92 Å². The number of nitro groups is 1. The number of hydrogen-bond donors (Lipinski definition) is 1. The minimum absolute atomic E-state index is 0.0985. The predicted octanol–water partition coefficient (Wildman–Crippen LogP) is 0.889. The highest BCUT2D eigenvalue weighted by atomic mass is 16.6. The minimum atomic E-state index is -0.543. The summed E-state index contributed by atoms with van der Waals surface area (Å²) in [5, 5.41) is 17.3. The van der Waals surface area contributed by atoms with Crippen molar-refractivity contribution in [3.63, 3.8) is 0 Å². The Labute approximate surface area is 117 Å². The van der Waals surface area contributed by atoms with E-state index in [-0.39, 0.29) is 17.6 Å². The van der Waals surface area contributed by atoms with E-state index in [1.165, 1.54) is 10.7 Å². The molecule has 0 aliphatic heterocycles. The Morgan fingerprint density at radius 1 is 1.65 bits per heavy atom. The fraction of sp³-hybridized carbons (Fsp3) is 0.667. The molecule has 8 nitrogen and oxygen atoms in total. The van der Waals surface area contributed by atoms with Gasteiger partial charge in [0, 0.05) is 20.3 Å². The van der Waals surface area contributed by atoms with Crippen LogP contribution in [0.25, 0.3) is 0 Å². The number of hydrogen-bond acceptors (Lipinski definition) is 5. The van der Waals surface area contributed by atoms with Crippen molar-refractivity contribution in [3.8, 4) is 0 Å². The van der Waals surface area contributed by atoms with Crippen LogP contribution < -0.4 is 5.32 Å². The van der Waals surface area contributed by atoms with Gasteiger partial charge >= 0.3 is 5.82 Å². The fourth-order valence-electron chi connectivity index (χ4n) is 1.71. The number of aryl methyl sites for hydroxylation is 1. The molecule has 1 atom stereocenters. The van der Waals surface area contributed by atoms with E-state index in [1.54, 1.807) is 21.0 Å². The van der Waals surface area contributed by atoms with Crippen molar-refractivity contribution in [1.29, 1.82) is 0 Å². The average Bonchev–Trinajstić information content (AvgIpc) is 2.76. The maximum absolute atomic E-state index is 11.8. The summed E-state index contributed by atoms with van der Waals surface area (Å²) >= 11 is 0. The zero-order valence-electron chi connectivity index (χ0n) is 12.0. The number of carbonyl (C=O) groups is 1. The molecular weight excluding hydrogens is 264 g/mol. The fourth-order valence-corrected chi connectivity index (χ4v) is 1.71. The van der Waals surface area contributed by atoms with Crippen LogP contribution in [0.4, 0.5) is 5.82 Å². The number of nitrogens with zero attached hydrogens (tertiary/aromatic N) is 3. The lowest BCUT2D eigenvalue weighted by Crippen LogP contribution is -2.33. The molecule has 0 bridgehead atoms. The first-order valence-corrected chi connectivity index (χ1v) is 6.41. The highest BCUT2D eigenvalue weighted by molar-refractivity contribution is 5.78. The highest BCUT2D eigenvalue weighted by Gasteiger charge is 2.20. The van der Waals surface area contributed by atoms with Crippen LogP contribution in [0.2, 0.25) is 0 Å². The molecule has 1 rings (SSSR count). The minimum Gasteiger partial charge on any atom is -0.385 e. The summed E-state index contributed by atoms with van der Waals surface area (Å²) in [4.78, 5) is 21.9. The molecule has 0 fully saturated rings. The van der Waals surface area contributed by atoms with Crippen molar-refractivity contribution < 1.29 is 14.5 Å². The molecule has 1 heterocycles. The van der Waals surface area contributed by atoms with Crippen LogP contribution in [0.3, 0.4) is 0 Å². The Balaban J connectivity index is 2.50. The van der Waals surface area contributed by atoms with E-state index in [0.29, 0.717) is 25.4 Å². The molecule has 0 saturated carbocycles. The van der Waals surface area contributed by atoms with E-state index in [9.17, 15) is 14.9 Å². The second kappa shape index (κ2) is 7.59. The molecule has 0 radical (unpaired) electrons. The molecule has 0 saturated heterocycles. The zero-order chi connectivity index (χ0) is 15.1. The molecule has 1 unspecified atom stereocenters. The van der Waals surface area contributed by atoms with Gasteiger partial charge in [0.25, 0.3) is 0 Å². The number of rotatable bonds is 8. The predicted molar refractivity (Wildman–Crippen MR) is 72.3 cm³/mol. The van der Waals surface area contributed by atoms with Gasteiger partial charge in [0.1, 0.15) is 0 Å². The molecular formula is C12H20N4O4. The molecule has 1 aromatic heterocycles. The Kier molecular flexibility index (Phi) is 6.10. The van der Waals surface area contributed by atoms with Crippen molar-refractivity contribution in [2.24, 2.45) is 5.92 Å². The number of nitrogens with one attached hydrogen (secondary N) is 1. The zero-order valence-corrected chi connectivity index (χ0v) is 12.0. The first-order chi connectivity index (χ1) is 9.45. The van der Waals surface area contributed by atoms with Gasteiger partial charge in [-0.05, 0) is 18.3 Å². The molecule has 1 aromatic rings. The molecule has 1 N–H and O–H groups in total.